The third kappa shape index (κ3) is 1.50. The summed E-state index contributed by atoms with van der Waals surface area (Å²) in [5.41, 5.74) is 1.26. The van der Waals surface area contributed by atoms with E-state index < -0.39 is 5.97 Å². The topological polar surface area (TPSA) is 44.1 Å². The fourth-order valence-corrected chi connectivity index (χ4v) is 1.50. The van der Waals surface area contributed by atoms with Crippen molar-refractivity contribution in [2.75, 3.05) is 0 Å². The Morgan fingerprint density at radius 1 is 1.57 bits per heavy atom. The Balaban J connectivity index is 2.55. The average Bonchev–Trinajstić information content (AvgIpc) is 2.55. The Kier molecular flexibility index (Phi) is 2.25. The zero-order chi connectivity index (χ0) is 10.1. The van der Waals surface area contributed by atoms with Gasteiger partial charge in [0.15, 0.2) is 16.3 Å². The standard InChI is InChI=1S/C9H7BrN2O2/c1-12-5-7-3-2-6(9(13)14-10)4-8(7)11-12/h2-5H,1H3. The van der Waals surface area contributed by atoms with Gasteiger partial charge in [0, 0.05) is 18.6 Å². The lowest BCUT2D eigenvalue weighted by Crippen LogP contribution is -1.96. The Hall–Kier alpha value is -1.36. The zero-order valence-corrected chi connectivity index (χ0v) is 8.98. The minimum Gasteiger partial charge on any atom is -0.380 e. The van der Waals surface area contributed by atoms with E-state index in [2.05, 4.69) is 25.2 Å². The second kappa shape index (κ2) is 3.42. The van der Waals surface area contributed by atoms with Gasteiger partial charge in [-0.2, -0.15) is 5.10 Å². The van der Waals surface area contributed by atoms with Crippen molar-refractivity contribution in [3.8, 4) is 0 Å². The molecule has 2 rings (SSSR count). The number of nitrogens with zero attached hydrogens (tertiary/aromatic N) is 2. The van der Waals surface area contributed by atoms with E-state index in [1.807, 2.05) is 19.3 Å². The number of aromatic nitrogens is 2. The molecule has 0 radical (unpaired) electrons. The van der Waals surface area contributed by atoms with E-state index in [-0.39, 0.29) is 0 Å². The molecule has 0 aliphatic heterocycles. The van der Waals surface area contributed by atoms with Crippen LogP contribution in [0.1, 0.15) is 10.4 Å². The average molecular weight is 255 g/mol. The minimum absolute atomic E-state index is 0.419. The van der Waals surface area contributed by atoms with Crippen LogP contribution in [-0.2, 0) is 10.9 Å². The number of carbonyl (C=O) groups excluding carboxylic acids is 1. The molecule has 72 valence electrons. The molecule has 14 heavy (non-hydrogen) atoms. The lowest BCUT2D eigenvalue weighted by Gasteiger charge is -1.95. The van der Waals surface area contributed by atoms with Gasteiger partial charge in [0.25, 0.3) is 0 Å². The zero-order valence-electron chi connectivity index (χ0n) is 7.40. The summed E-state index contributed by atoms with van der Waals surface area (Å²) < 4.78 is 6.13. The summed E-state index contributed by atoms with van der Waals surface area (Å²) in [6.07, 6.45) is 1.89. The molecule has 1 heterocycles. The van der Waals surface area contributed by atoms with Crippen LogP contribution in [0.15, 0.2) is 24.4 Å². The van der Waals surface area contributed by atoms with Crippen molar-refractivity contribution in [2.45, 2.75) is 0 Å². The van der Waals surface area contributed by atoms with Gasteiger partial charge in [-0.25, -0.2) is 4.79 Å². The molecule has 1 aromatic carbocycles. The van der Waals surface area contributed by atoms with Crippen LogP contribution in [0.25, 0.3) is 10.9 Å². The molecule has 5 heteroatoms. The van der Waals surface area contributed by atoms with Gasteiger partial charge in [0.1, 0.15) is 0 Å². The highest BCUT2D eigenvalue weighted by Gasteiger charge is 2.07. The number of halogens is 1. The first-order valence-electron chi connectivity index (χ1n) is 3.97. The summed E-state index contributed by atoms with van der Waals surface area (Å²) in [7, 11) is 1.84. The molecule has 0 saturated carbocycles. The maximum atomic E-state index is 11.2. The van der Waals surface area contributed by atoms with Crippen LogP contribution in [0, 0.1) is 0 Å². The first-order valence-corrected chi connectivity index (χ1v) is 4.62. The van der Waals surface area contributed by atoms with Gasteiger partial charge in [0.05, 0.1) is 11.1 Å². The van der Waals surface area contributed by atoms with E-state index >= 15 is 0 Å². The van der Waals surface area contributed by atoms with Crippen molar-refractivity contribution in [1.29, 1.82) is 0 Å². The SMILES string of the molecule is Cn1cc2ccc(C(=O)OBr)cc2n1. The molecule has 4 nitrogen and oxygen atoms in total. The number of rotatable bonds is 1. The smallest absolute Gasteiger partial charge is 0.349 e. The van der Waals surface area contributed by atoms with Crippen LogP contribution in [0.3, 0.4) is 0 Å². The van der Waals surface area contributed by atoms with Crippen molar-refractivity contribution in [2.24, 2.45) is 7.05 Å². The molecule has 0 amide bonds. The predicted molar refractivity (Wildman–Crippen MR) is 55.1 cm³/mol. The third-order valence-corrected chi connectivity index (χ3v) is 2.22. The summed E-state index contributed by atoms with van der Waals surface area (Å²) in [6, 6.07) is 5.23. The normalized spacial score (nSPS) is 10.4. The summed E-state index contributed by atoms with van der Waals surface area (Å²) in [6.45, 7) is 0. The maximum absolute atomic E-state index is 11.2. The maximum Gasteiger partial charge on any atom is 0.349 e. The van der Waals surface area contributed by atoms with E-state index in [0.29, 0.717) is 5.56 Å². The first kappa shape index (κ1) is 9.21. The Morgan fingerprint density at radius 3 is 3.07 bits per heavy atom. The van der Waals surface area contributed by atoms with Crippen molar-refractivity contribution in [3.05, 3.63) is 30.0 Å². The highest BCUT2D eigenvalue weighted by molar-refractivity contribution is 9.06. The van der Waals surface area contributed by atoms with E-state index in [9.17, 15) is 4.79 Å². The molecule has 0 unspecified atom stereocenters. The molecule has 0 bridgehead atoms. The number of aryl methyl sites for hydroxylation is 1. The summed E-state index contributed by atoms with van der Waals surface area (Å²) in [5.74, 6) is -0.419. The largest absolute Gasteiger partial charge is 0.380 e. The Bertz CT molecular complexity index is 493. The summed E-state index contributed by atoms with van der Waals surface area (Å²) in [4.78, 5) is 11.2. The van der Waals surface area contributed by atoms with Crippen LogP contribution in [0.5, 0.6) is 0 Å². The fraction of sp³-hybridized carbons (Fsp3) is 0.111. The molecule has 0 spiro atoms. The van der Waals surface area contributed by atoms with Crippen molar-refractivity contribution >= 4 is 33.1 Å². The Morgan fingerprint density at radius 2 is 2.36 bits per heavy atom. The van der Waals surface area contributed by atoms with Crippen LogP contribution in [0.4, 0.5) is 0 Å². The van der Waals surface area contributed by atoms with Gasteiger partial charge in [0.2, 0.25) is 0 Å². The number of benzene rings is 1. The van der Waals surface area contributed by atoms with E-state index in [1.54, 1.807) is 16.8 Å². The lowest BCUT2D eigenvalue weighted by atomic mass is 10.2. The van der Waals surface area contributed by atoms with Gasteiger partial charge < -0.3 is 3.83 Å². The lowest BCUT2D eigenvalue weighted by molar-refractivity contribution is 0.0782. The van der Waals surface area contributed by atoms with Crippen LogP contribution in [-0.4, -0.2) is 15.7 Å². The van der Waals surface area contributed by atoms with Gasteiger partial charge >= 0.3 is 5.97 Å². The second-order valence-corrected chi connectivity index (χ2v) is 3.26. The van der Waals surface area contributed by atoms with Crippen LogP contribution < -0.4 is 0 Å². The molecule has 1 aromatic heterocycles. The number of carbonyl (C=O) groups is 1. The van der Waals surface area contributed by atoms with Crippen LogP contribution >= 0.6 is 16.3 Å². The highest BCUT2D eigenvalue weighted by Crippen LogP contribution is 2.15. The number of fused-ring (bicyclic) bond motifs is 1. The van der Waals surface area contributed by atoms with Gasteiger partial charge in [-0.05, 0) is 12.1 Å². The summed E-state index contributed by atoms with van der Waals surface area (Å²) >= 11 is 2.65. The second-order valence-electron chi connectivity index (χ2n) is 2.94. The summed E-state index contributed by atoms with van der Waals surface area (Å²) in [5, 5.41) is 5.18. The fourth-order valence-electron chi connectivity index (χ4n) is 1.31. The van der Waals surface area contributed by atoms with Gasteiger partial charge in [-0.3, -0.25) is 4.68 Å². The molecule has 0 saturated heterocycles. The van der Waals surface area contributed by atoms with Crippen molar-refractivity contribution < 1.29 is 8.62 Å². The van der Waals surface area contributed by atoms with E-state index in [4.69, 9.17) is 0 Å². The predicted octanol–water partition coefficient (Wildman–Crippen LogP) is 2.04. The minimum atomic E-state index is -0.419. The molecular formula is C9H7BrN2O2. The Labute approximate surface area is 88.9 Å². The molecular weight excluding hydrogens is 248 g/mol. The third-order valence-electron chi connectivity index (χ3n) is 1.93. The number of hydrogen-bond donors (Lipinski definition) is 0. The van der Waals surface area contributed by atoms with E-state index in [1.165, 1.54) is 0 Å². The number of hydrogen-bond acceptors (Lipinski definition) is 3. The molecule has 0 aliphatic rings. The molecule has 2 aromatic rings. The van der Waals surface area contributed by atoms with Gasteiger partial charge in [-0.15, -0.1) is 0 Å². The first-order chi connectivity index (χ1) is 6.70. The molecule has 0 aliphatic carbocycles. The molecule has 0 N–H and O–H groups in total. The van der Waals surface area contributed by atoms with Crippen LogP contribution in [0.2, 0.25) is 0 Å². The van der Waals surface area contributed by atoms with Crippen molar-refractivity contribution in [1.82, 2.24) is 9.78 Å². The monoisotopic (exact) mass is 254 g/mol. The quantitative estimate of drug-likeness (QED) is 0.783. The van der Waals surface area contributed by atoms with Gasteiger partial charge in [-0.1, -0.05) is 6.07 Å². The molecule has 0 atom stereocenters. The highest BCUT2D eigenvalue weighted by atomic mass is 79.9. The molecule has 0 fully saturated rings. The van der Waals surface area contributed by atoms with Crippen molar-refractivity contribution in [3.63, 3.8) is 0 Å². The van der Waals surface area contributed by atoms with E-state index in [0.717, 1.165) is 10.9 Å².